The fourth-order valence-corrected chi connectivity index (χ4v) is 4.45. The Balaban J connectivity index is 1.49. The van der Waals surface area contributed by atoms with E-state index in [0.717, 1.165) is 11.8 Å². The summed E-state index contributed by atoms with van der Waals surface area (Å²) in [6.45, 7) is -0.456. The van der Waals surface area contributed by atoms with Crippen LogP contribution in [0.3, 0.4) is 0 Å². The standard InChI is InChI=1S/C26H21FN4O6S/c27-17-3-5-18(6-4-17)29-23(33)13-22-25(36)31(19-7-9-20(32)10-8-19)26(38-22)30-28-14-16-1-11-21(12-2-16)37-15-24(34)35/h1-12,14,22,32H,13,15H2,(H,29,33)(H,34,35)/b28-14-,30-26-/t22-/m0/s1. The number of hydrogen-bond donors (Lipinski definition) is 3. The van der Waals surface area contributed by atoms with Crippen molar-refractivity contribution >= 4 is 52.3 Å². The molecule has 0 saturated carbocycles. The van der Waals surface area contributed by atoms with Crippen LogP contribution in [0.25, 0.3) is 0 Å². The first-order valence-electron chi connectivity index (χ1n) is 11.2. The average Bonchev–Trinajstić information content (AvgIpc) is 3.19. The first-order chi connectivity index (χ1) is 18.3. The molecule has 0 aromatic heterocycles. The Morgan fingerprint density at radius 2 is 1.74 bits per heavy atom. The Morgan fingerprint density at radius 3 is 2.39 bits per heavy atom. The number of ether oxygens (including phenoxy) is 1. The zero-order chi connectivity index (χ0) is 27.1. The molecule has 2 amide bonds. The quantitative estimate of drug-likeness (QED) is 0.279. The lowest BCUT2D eigenvalue weighted by molar-refractivity contribution is -0.139. The van der Waals surface area contributed by atoms with Crippen molar-refractivity contribution in [3.63, 3.8) is 0 Å². The number of carbonyl (C=O) groups is 3. The van der Waals surface area contributed by atoms with Gasteiger partial charge in [0.05, 0.1) is 11.9 Å². The van der Waals surface area contributed by atoms with E-state index in [0.29, 0.717) is 22.7 Å². The van der Waals surface area contributed by atoms with Crippen LogP contribution in [0.5, 0.6) is 11.5 Å². The number of rotatable bonds is 9. The van der Waals surface area contributed by atoms with Crippen molar-refractivity contribution in [2.24, 2.45) is 10.2 Å². The molecule has 1 aliphatic heterocycles. The second kappa shape index (κ2) is 12.0. The third-order valence-electron chi connectivity index (χ3n) is 5.13. The predicted octanol–water partition coefficient (Wildman–Crippen LogP) is 3.86. The Hall–Kier alpha value is -4.71. The van der Waals surface area contributed by atoms with Crippen LogP contribution in [-0.4, -0.2) is 51.2 Å². The van der Waals surface area contributed by atoms with Gasteiger partial charge in [-0.3, -0.25) is 14.5 Å². The number of phenols is 1. The van der Waals surface area contributed by atoms with Crippen LogP contribution in [0.2, 0.25) is 0 Å². The normalized spacial score (nSPS) is 16.2. The Labute approximate surface area is 220 Å². The number of carboxylic acids is 1. The van der Waals surface area contributed by atoms with E-state index in [2.05, 4.69) is 15.5 Å². The molecule has 194 valence electrons. The van der Waals surface area contributed by atoms with Gasteiger partial charge in [0.1, 0.15) is 22.6 Å². The summed E-state index contributed by atoms with van der Waals surface area (Å²) in [7, 11) is 0. The molecule has 1 saturated heterocycles. The van der Waals surface area contributed by atoms with Gasteiger partial charge in [0.15, 0.2) is 11.8 Å². The van der Waals surface area contributed by atoms with E-state index in [-0.39, 0.29) is 23.2 Å². The van der Waals surface area contributed by atoms with Gasteiger partial charge in [-0.1, -0.05) is 11.8 Å². The van der Waals surface area contributed by atoms with Crippen molar-refractivity contribution < 1.29 is 33.7 Å². The summed E-state index contributed by atoms with van der Waals surface area (Å²) in [5.74, 6) is -1.92. The predicted molar refractivity (Wildman–Crippen MR) is 141 cm³/mol. The number of carbonyl (C=O) groups excluding carboxylic acids is 2. The number of halogens is 1. The minimum atomic E-state index is -1.08. The highest BCUT2D eigenvalue weighted by Crippen LogP contribution is 2.34. The number of aromatic hydroxyl groups is 1. The van der Waals surface area contributed by atoms with Crippen molar-refractivity contribution in [3.05, 3.63) is 84.2 Å². The number of amides is 2. The van der Waals surface area contributed by atoms with E-state index < -0.39 is 29.6 Å². The van der Waals surface area contributed by atoms with E-state index in [1.54, 1.807) is 36.4 Å². The molecular formula is C26H21FN4O6S. The monoisotopic (exact) mass is 536 g/mol. The first-order valence-corrected chi connectivity index (χ1v) is 12.1. The van der Waals surface area contributed by atoms with Crippen LogP contribution in [0.4, 0.5) is 15.8 Å². The van der Waals surface area contributed by atoms with Crippen molar-refractivity contribution in [2.75, 3.05) is 16.8 Å². The number of aliphatic carboxylic acids is 1. The number of hydrogen-bond acceptors (Lipinski definition) is 8. The third-order valence-corrected chi connectivity index (χ3v) is 6.26. The number of amidine groups is 1. The van der Waals surface area contributed by atoms with E-state index in [4.69, 9.17) is 9.84 Å². The van der Waals surface area contributed by atoms with Gasteiger partial charge in [-0.2, -0.15) is 5.10 Å². The fraction of sp³-hybridized carbons (Fsp3) is 0.115. The Morgan fingerprint density at radius 1 is 1.05 bits per heavy atom. The number of nitrogens with zero attached hydrogens (tertiary/aromatic N) is 3. The number of nitrogens with one attached hydrogen (secondary N) is 1. The van der Waals surface area contributed by atoms with E-state index in [1.165, 1.54) is 47.5 Å². The lowest BCUT2D eigenvalue weighted by Crippen LogP contribution is -2.33. The van der Waals surface area contributed by atoms with E-state index in [1.807, 2.05) is 0 Å². The molecule has 1 heterocycles. The lowest BCUT2D eigenvalue weighted by Gasteiger charge is -2.16. The maximum atomic E-state index is 13.2. The van der Waals surface area contributed by atoms with Crippen LogP contribution in [-0.2, 0) is 14.4 Å². The molecule has 0 spiro atoms. The summed E-state index contributed by atoms with van der Waals surface area (Å²) in [4.78, 5) is 37.7. The minimum absolute atomic E-state index is 0.0237. The Bertz CT molecular complexity index is 1380. The molecule has 1 fully saturated rings. The highest BCUT2D eigenvalue weighted by Gasteiger charge is 2.40. The van der Waals surface area contributed by atoms with Crippen LogP contribution < -0.4 is 15.0 Å². The van der Waals surface area contributed by atoms with Crippen LogP contribution in [0, 0.1) is 5.82 Å². The second-order valence-corrected chi connectivity index (χ2v) is 9.10. The van der Waals surface area contributed by atoms with Crippen molar-refractivity contribution in [1.82, 2.24) is 0 Å². The third kappa shape index (κ3) is 6.95. The largest absolute Gasteiger partial charge is 0.508 e. The molecular weight excluding hydrogens is 515 g/mol. The molecule has 3 N–H and O–H groups in total. The van der Waals surface area contributed by atoms with E-state index in [9.17, 15) is 23.9 Å². The lowest BCUT2D eigenvalue weighted by atomic mass is 10.2. The molecule has 3 aromatic carbocycles. The van der Waals surface area contributed by atoms with Gasteiger partial charge in [-0.05, 0) is 78.4 Å². The molecule has 0 aliphatic carbocycles. The molecule has 0 unspecified atom stereocenters. The topological polar surface area (TPSA) is 141 Å². The zero-order valence-corrected chi connectivity index (χ0v) is 20.5. The molecule has 4 rings (SSSR count). The zero-order valence-electron chi connectivity index (χ0n) is 19.7. The number of thioether (sulfide) groups is 1. The summed E-state index contributed by atoms with van der Waals surface area (Å²) in [6.07, 6.45) is 1.29. The minimum Gasteiger partial charge on any atom is -0.508 e. The summed E-state index contributed by atoms with van der Waals surface area (Å²) < 4.78 is 18.2. The second-order valence-electron chi connectivity index (χ2n) is 7.93. The summed E-state index contributed by atoms with van der Waals surface area (Å²) in [5.41, 5.74) is 1.49. The van der Waals surface area contributed by atoms with Gasteiger partial charge in [0.2, 0.25) is 11.8 Å². The highest BCUT2D eigenvalue weighted by atomic mass is 32.2. The average molecular weight is 537 g/mol. The molecule has 12 heteroatoms. The van der Waals surface area contributed by atoms with Crippen LogP contribution in [0.15, 0.2) is 83.0 Å². The SMILES string of the molecule is O=C(O)COc1ccc(/C=N\N=C2/S[C@@H](CC(=O)Nc3ccc(F)cc3)C(=O)N2c2ccc(O)cc2)cc1. The van der Waals surface area contributed by atoms with Gasteiger partial charge in [-0.15, -0.1) is 5.10 Å². The molecule has 1 atom stereocenters. The maximum absolute atomic E-state index is 13.2. The summed E-state index contributed by atoms with van der Waals surface area (Å²) >= 11 is 1.07. The Kier molecular flexibility index (Phi) is 8.34. The van der Waals surface area contributed by atoms with Crippen LogP contribution >= 0.6 is 11.8 Å². The van der Waals surface area contributed by atoms with Gasteiger partial charge < -0.3 is 20.3 Å². The van der Waals surface area contributed by atoms with Gasteiger partial charge in [0, 0.05) is 12.1 Å². The number of carboxylic acid groups (broad SMARTS) is 1. The number of benzene rings is 3. The molecule has 0 bridgehead atoms. The molecule has 3 aromatic rings. The van der Waals surface area contributed by atoms with Crippen LogP contribution in [0.1, 0.15) is 12.0 Å². The number of anilines is 2. The molecule has 10 nitrogen and oxygen atoms in total. The fourth-order valence-electron chi connectivity index (χ4n) is 3.36. The van der Waals surface area contributed by atoms with Gasteiger partial charge in [-0.25, -0.2) is 9.18 Å². The summed E-state index contributed by atoms with van der Waals surface area (Å²) in [6, 6.07) is 17.7. The molecule has 0 radical (unpaired) electrons. The smallest absolute Gasteiger partial charge is 0.341 e. The molecule has 38 heavy (non-hydrogen) atoms. The van der Waals surface area contributed by atoms with E-state index >= 15 is 0 Å². The highest BCUT2D eigenvalue weighted by molar-refractivity contribution is 8.16. The van der Waals surface area contributed by atoms with Gasteiger partial charge in [0.25, 0.3) is 0 Å². The molecule has 1 aliphatic rings. The maximum Gasteiger partial charge on any atom is 0.341 e. The van der Waals surface area contributed by atoms with Crippen molar-refractivity contribution in [1.29, 1.82) is 0 Å². The van der Waals surface area contributed by atoms with Crippen molar-refractivity contribution in [2.45, 2.75) is 11.7 Å². The number of phenolic OH excluding ortho intramolecular Hbond substituents is 1. The summed E-state index contributed by atoms with van der Waals surface area (Å²) in [5, 5.41) is 28.7. The van der Waals surface area contributed by atoms with Gasteiger partial charge >= 0.3 is 5.97 Å². The van der Waals surface area contributed by atoms with Crippen molar-refractivity contribution in [3.8, 4) is 11.5 Å². The first kappa shape index (κ1) is 26.4.